The lowest BCUT2D eigenvalue weighted by Gasteiger charge is -2.40. The molecule has 0 aromatic heterocycles. The van der Waals surface area contributed by atoms with Crippen molar-refractivity contribution in [3.8, 4) is 5.75 Å². The molecule has 0 unspecified atom stereocenters. The van der Waals surface area contributed by atoms with Gasteiger partial charge in [0.15, 0.2) is 0 Å². The van der Waals surface area contributed by atoms with E-state index in [-0.39, 0.29) is 12.3 Å². The molecule has 7 nitrogen and oxygen atoms in total. The Morgan fingerprint density at radius 1 is 1.18 bits per heavy atom. The van der Waals surface area contributed by atoms with Crippen molar-refractivity contribution in [1.82, 2.24) is 5.32 Å². The summed E-state index contributed by atoms with van der Waals surface area (Å²) in [5.74, 6) is 0.394. The molecule has 1 saturated heterocycles. The third-order valence-electron chi connectivity index (χ3n) is 3.88. The van der Waals surface area contributed by atoms with Crippen molar-refractivity contribution in [3.63, 3.8) is 0 Å². The molecule has 0 spiro atoms. The highest BCUT2D eigenvalue weighted by Crippen LogP contribution is 2.19. The van der Waals surface area contributed by atoms with Crippen molar-refractivity contribution in [2.45, 2.75) is 43.7 Å². The maximum absolute atomic E-state index is 12.0. The lowest BCUT2D eigenvalue weighted by molar-refractivity contribution is -0.126. The number of carbonyl (C=O) groups excluding carboxylic acids is 1. The van der Waals surface area contributed by atoms with Gasteiger partial charge >= 0.3 is 0 Å². The highest BCUT2D eigenvalue weighted by atomic mass is 16.5. The number of carbonyl (C=O) groups is 1. The van der Waals surface area contributed by atoms with Crippen molar-refractivity contribution < 1.29 is 24.9 Å². The molecule has 5 N–H and O–H groups in total. The topological polar surface area (TPSA) is 111 Å². The Labute approximate surface area is 128 Å². The molecule has 0 bridgehead atoms. The molecule has 1 aliphatic rings. The Hall–Kier alpha value is -1.67. The van der Waals surface area contributed by atoms with Crippen LogP contribution in [0.15, 0.2) is 24.3 Å². The van der Waals surface area contributed by atoms with Crippen molar-refractivity contribution >= 4 is 11.6 Å². The standard InChI is InChI=1S/C15H22N2O5/c1-8-13(19)15(21)14(20)11(16-8)7-12(18)17-9-3-5-10(22-2)6-4-9/h3-6,8,11,13-16,19-21H,7H2,1-2H3,(H,17,18)/t8-,11+,13+,14+,15+/m0/s1. The molecule has 5 atom stereocenters. The van der Waals surface area contributed by atoms with E-state index in [1.54, 1.807) is 38.3 Å². The Balaban J connectivity index is 1.93. The third kappa shape index (κ3) is 3.75. The van der Waals surface area contributed by atoms with E-state index in [2.05, 4.69) is 10.6 Å². The van der Waals surface area contributed by atoms with Crippen LogP contribution in [0.25, 0.3) is 0 Å². The maximum atomic E-state index is 12.0. The van der Waals surface area contributed by atoms with Gasteiger partial charge in [-0.2, -0.15) is 0 Å². The monoisotopic (exact) mass is 310 g/mol. The molecule has 1 aromatic rings. The van der Waals surface area contributed by atoms with Crippen molar-refractivity contribution in [1.29, 1.82) is 0 Å². The van der Waals surface area contributed by atoms with E-state index in [9.17, 15) is 20.1 Å². The first kappa shape index (κ1) is 16.7. The van der Waals surface area contributed by atoms with Crippen molar-refractivity contribution in [3.05, 3.63) is 24.3 Å². The minimum Gasteiger partial charge on any atom is -0.497 e. The van der Waals surface area contributed by atoms with Crippen LogP contribution in [0.2, 0.25) is 0 Å². The smallest absolute Gasteiger partial charge is 0.226 e. The number of piperidine rings is 1. The van der Waals surface area contributed by atoms with Crippen LogP contribution in [-0.2, 0) is 4.79 Å². The predicted molar refractivity (Wildman–Crippen MR) is 80.6 cm³/mol. The van der Waals surface area contributed by atoms with Gasteiger partial charge in [-0.3, -0.25) is 4.79 Å². The van der Waals surface area contributed by atoms with Gasteiger partial charge in [-0.05, 0) is 31.2 Å². The molecule has 1 heterocycles. The minimum atomic E-state index is -1.27. The number of hydrogen-bond acceptors (Lipinski definition) is 6. The van der Waals surface area contributed by atoms with Crippen LogP contribution < -0.4 is 15.4 Å². The fourth-order valence-electron chi connectivity index (χ4n) is 2.54. The molecular formula is C15H22N2O5. The van der Waals surface area contributed by atoms with Crippen LogP contribution in [-0.4, -0.2) is 58.7 Å². The summed E-state index contributed by atoms with van der Waals surface area (Å²) in [4.78, 5) is 12.0. The summed E-state index contributed by atoms with van der Waals surface area (Å²) >= 11 is 0. The summed E-state index contributed by atoms with van der Waals surface area (Å²) in [7, 11) is 1.56. The lowest BCUT2D eigenvalue weighted by atomic mass is 9.89. The Kier molecular flexibility index (Phi) is 5.36. The van der Waals surface area contributed by atoms with Crippen LogP contribution in [0.4, 0.5) is 5.69 Å². The van der Waals surface area contributed by atoms with Gasteiger partial charge in [0.2, 0.25) is 5.91 Å². The first-order valence-corrected chi connectivity index (χ1v) is 7.16. The van der Waals surface area contributed by atoms with Gasteiger partial charge in [-0.1, -0.05) is 0 Å². The molecule has 0 saturated carbocycles. The van der Waals surface area contributed by atoms with Crippen LogP contribution in [0.5, 0.6) is 5.75 Å². The number of hydrogen-bond donors (Lipinski definition) is 5. The maximum Gasteiger partial charge on any atom is 0.226 e. The molecular weight excluding hydrogens is 288 g/mol. The Bertz CT molecular complexity index is 507. The summed E-state index contributed by atoms with van der Waals surface area (Å²) in [5, 5.41) is 35.0. The number of anilines is 1. The molecule has 22 heavy (non-hydrogen) atoms. The van der Waals surface area contributed by atoms with E-state index < -0.39 is 30.4 Å². The van der Waals surface area contributed by atoms with E-state index >= 15 is 0 Å². The fraction of sp³-hybridized carbons (Fsp3) is 0.533. The number of rotatable bonds is 4. The second kappa shape index (κ2) is 7.06. The molecule has 0 aliphatic carbocycles. The van der Waals surface area contributed by atoms with Crippen LogP contribution in [0.3, 0.4) is 0 Å². The van der Waals surface area contributed by atoms with Crippen LogP contribution in [0, 0.1) is 0 Å². The number of benzene rings is 1. The average molecular weight is 310 g/mol. The van der Waals surface area contributed by atoms with Crippen LogP contribution >= 0.6 is 0 Å². The lowest BCUT2D eigenvalue weighted by Crippen LogP contribution is -2.64. The van der Waals surface area contributed by atoms with E-state index in [1.807, 2.05) is 0 Å². The van der Waals surface area contributed by atoms with Crippen molar-refractivity contribution in [2.24, 2.45) is 0 Å². The van der Waals surface area contributed by atoms with E-state index in [0.717, 1.165) is 0 Å². The number of methoxy groups -OCH3 is 1. The SMILES string of the molecule is COc1ccc(NC(=O)C[C@H]2N[C@@H](C)[C@@H](O)[C@@H](O)[C@@H]2O)cc1. The first-order valence-electron chi connectivity index (χ1n) is 7.16. The Morgan fingerprint density at radius 2 is 1.82 bits per heavy atom. The zero-order chi connectivity index (χ0) is 16.3. The molecule has 1 amide bonds. The summed E-state index contributed by atoms with van der Waals surface area (Å²) in [6, 6.07) is 5.85. The Morgan fingerprint density at radius 3 is 2.41 bits per heavy atom. The van der Waals surface area contributed by atoms with E-state index in [1.165, 1.54) is 0 Å². The van der Waals surface area contributed by atoms with E-state index in [4.69, 9.17) is 4.74 Å². The van der Waals surface area contributed by atoms with Gasteiger partial charge in [-0.25, -0.2) is 0 Å². The van der Waals surface area contributed by atoms with Gasteiger partial charge in [0.05, 0.1) is 19.3 Å². The van der Waals surface area contributed by atoms with Gasteiger partial charge in [0.1, 0.15) is 11.9 Å². The molecule has 1 aromatic carbocycles. The molecule has 122 valence electrons. The normalized spacial score (nSPS) is 31.6. The fourth-order valence-corrected chi connectivity index (χ4v) is 2.54. The van der Waals surface area contributed by atoms with Gasteiger partial charge in [0, 0.05) is 24.2 Å². The molecule has 1 fully saturated rings. The largest absolute Gasteiger partial charge is 0.497 e. The minimum absolute atomic E-state index is 0.0126. The third-order valence-corrected chi connectivity index (χ3v) is 3.88. The molecule has 7 heteroatoms. The second-order valence-corrected chi connectivity index (χ2v) is 5.51. The second-order valence-electron chi connectivity index (χ2n) is 5.51. The average Bonchev–Trinajstić information content (AvgIpc) is 2.51. The number of amides is 1. The highest BCUT2D eigenvalue weighted by molar-refractivity contribution is 5.91. The van der Waals surface area contributed by atoms with Crippen LogP contribution in [0.1, 0.15) is 13.3 Å². The molecule has 1 aliphatic heterocycles. The first-order chi connectivity index (χ1) is 10.4. The van der Waals surface area contributed by atoms with Crippen molar-refractivity contribution in [2.75, 3.05) is 12.4 Å². The summed E-state index contributed by atoms with van der Waals surface area (Å²) in [6.07, 6.45) is -3.54. The van der Waals surface area contributed by atoms with Gasteiger partial charge in [-0.15, -0.1) is 0 Å². The summed E-state index contributed by atoms with van der Waals surface area (Å²) in [6.45, 7) is 1.69. The summed E-state index contributed by atoms with van der Waals surface area (Å²) < 4.78 is 5.04. The summed E-state index contributed by atoms with van der Waals surface area (Å²) in [5.41, 5.74) is 0.615. The highest BCUT2D eigenvalue weighted by Gasteiger charge is 2.40. The number of ether oxygens (including phenoxy) is 1. The molecule has 0 radical (unpaired) electrons. The van der Waals surface area contributed by atoms with Gasteiger partial charge < -0.3 is 30.7 Å². The number of aliphatic hydroxyl groups excluding tert-OH is 3. The zero-order valence-electron chi connectivity index (χ0n) is 12.6. The van der Waals surface area contributed by atoms with Gasteiger partial charge in [0.25, 0.3) is 0 Å². The predicted octanol–water partition coefficient (Wildman–Crippen LogP) is -0.533. The quantitative estimate of drug-likeness (QED) is 0.511. The molecule has 2 rings (SSSR count). The van der Waals surface area contributed by atoms with E-state index in [0.29, 0.717) is 11.4 Å². The zero-order valence-corrected chi connectivity index (χ0v) is 12.6. The number of nitrogens with one attached hydrogen (secondary N) is 2. The number of aliphatic hydroxyl groups is 3.